The van der Waals surface area contributed by atoms with Crippen molar-refractivity contribution in [1.82, 2.24) is 9.38 Å². The molecule has 0 aliphatic rings. The van der Waals surface area contributed by atoms with E-state index in [-0.39, 0.29) is 5.57 Å². The number of rotatable bonds is 6. The van der Waals surface area contributed by atoms with Crippen LogP contribution in [-0.2, 0) is 11.4 Å². The molecule has 144 valence electrons. The number of ether oxygens (including phenoxy) is 1. The fraction of sp³-hybridized carbons (Fsp3) is 0.0435. The molecule has 5 nitrogen and oxygen atoms in total. The smallest absolute Gasteiger partial charge is 0.336 e. The predicted octanol–water partition coefficient (Wildman–Crippen LogP) is 5.19. The Morgan fingerprint density at radius 1 is 1.07 bits per heavy atom. The van der Waals surface area contributed by atoms with Crippen molar-refractivity contribution in [2.24, 2.45) is 0 Å². The molecule has 6 heteroatoms. The van der Waals surface area contributed by atoms with Crippen molar-refractivity contribution in [3.63, 3.8) is 0 Å². The van der Waals surface area contributed by atoms with Gasteiger partial charge in [0.2, 0.25) is 0 Å². The van der Waals surface area contributed by atoms with Gasteiger partial charge in [0.05, 0.1) is 11.3 Å². The zero-order valence-corrected chi connectivity index (χ0v) is 16.1. The van der Waals surface area contributed by atoms with Gasteiger partial charge >= 0.3 is 5.97 Å². The van der Waals surface area contributed by atoms with Gasteiger partial charge in [-0.05, 0) is 53.6 Å². The molecule has 1 N–H and O–H groups in total. The molecule has 0 saturated carbocycles. The number of benzene rings is 2. The Morgan fingerprint density at radius 2 is 1.83 bits per heavy atom. The highest BCUT2D eigenvalue weighted by molar-refractivity contribution is 6.30. The molecule has 0 unspecified atom stereocenters. The highest BCUT2D eigenvalue weighted by Crippen LogP contribution is 2.23. The van der Waals surface area contributed by atoms with Crippen LogP contribution in [0.4, 0.5) is 0 Å². The van der Waals surface area contributed by atoms with E-state index in [4.69, 9.17) is 16.3 Å². The molecule has 0 saturated heterocycles. The third kappa shape index (κ3) is 4.47. The maximum Gasteiger partial charge on any atom is 0.336 e. The van der Waals surface area contributed by atoms with Crippen LogP contribution in [0.5, 0.6) is 5.75 Å². The van der Waals surface area contributed by atoms with E-state index in [1.807, 2.05) is 35.0 Å². The lowest BCUT2D eigenvalue weighted by molar-refractivity contribution is -0.130. The number of halogens is 1. The molecule has 0 radical (unpaired) electrons. The molecule has 29 heavy (non-hydrogen) atoms. The standard InChI is InChI=1S/C23H17ClN2O3/c24-18-8-4-16(5-9-18)13-21(23(27)28)17-6-10-20(11-7-17)29-15-19-14-26-12-2-1-3-22(26)25-19/h1-14H,15H2,(H,27,28)/b21-13+. The average Bonchev–Trinajstić information content (AvgIpc) is 3.15. The van der Waals surface area contributed by atoms with Crippen LogP contribution >= 0.6 is 11.6 Å². The van der Waals surface area contributed by atoms with Crippen LogP contribution in [0, 0.1) is 0 Å². The largest absolute Gasteiger partial charge is 0.487 e. The number of fused-ring (bicyclic) bond motifs is 1. The number of aromatic nitrogens is 2. The summed E-state index contributed by atoms with van der Waals surface area (Å²) in [6.07, 6.45) is 5.47. The molecule has 0 bridgehead atoms. The minimum absolute atomic E-state index is 0.194. The molecule has 2 aromatic heterocycles. The molecule has 2 heterocycles. The quantitative estimate of drug-likeness (QED) is 0.354. The first-order valence-corrected chi connectivity index (χ1v) is 9.33. The Balaban J connectivity index is 1.49. The van der Waals surface area contributed by atoms with Crippen molar-refractivity contribution in [3.05, 3.63) is 101 Å². The molecule has 0 amide bonds. The van der Waals surface area contributed by atoms with Gasteiger partial charge < -0.3 is 14.2 Å². The van der Waals surface area contributed by atoms with Crippen molar-refractivity contribution in [3.8, 4) is 5.75 Å². The third-order valence-electron chi connectivity index (χ3n) is 4.38. The Morgan fingerprint density at radius 3 is 2.52 bits per heavy atom. The lowest BCUT2D eigenvalue weighted by Gasteiger charge is -2.07. The highest BCUT2D eigenvalue weighted by Gasteiger charge is 2.11. The zero-order chi connectivity index (χ0) is 20.2. The van der Waals surface area contributed by atoms with E-state index in [1.165, 1.54) is 0 Å². The van der Waals surface area contributed by atoms with Crippen molar-refractivity contribution in [1.29, 1.82) is 0 Å². The first-order valence-electron chi connectivity index (χ1n) is 8.95. The SMILES string of the molecule is O=C(O)/C(=C/c1ccc(Cl)cc1)c1ccc(OCc2cn3ccccc3n2)cc1. The summed E-state index contributed by atoms with van der Waals surface area (Å²) < 4.78 is 7.72. The summed E-state index contributed by atoms with van der Waals surface area (Å²) in [5.41, 5.74) is 3.22. The molecule has 0 fully saturated rings. The summed E-state index contributed by atoms with van der Waals surface area (Å²) in [6.45, 7) is 0.327. The molecular weight excluding hydrogens is 388 g/mol. The Hall–Kier alpha value is -3.57. The average molecular weight is 405 g/mol. The maximum absolute atomic E-state index is 11.7. The summed E-state index contributed by atoms with van der Waals surface area (Å²) in [6, 6.07) is 19.8. The number of carbonyl (C=O) groups is 1. The number of nitrogens with zero attached hydrogens (tertiary/aromatic N) is 2. The van der Waals surface area contributed by atoms with Crippen molar-refractivity contribution < 1.29 is 14.6 Å². The van der Waals surface area contributed by atoms with Crippen LogP contribution < -0.4 is 4.74 Å². The van der Waals surface area contributed by atoms with Crippen LogP contribution in [0.3, 0.4) is 0 Å². The van der Waals surface area contributed by atoms with Crippen molar-refractivity contribution in [2.75, 3.05) is 0 Å². The first-order chi connectivity index (χ1) is 14.1. The Bertz CT molecular complexity index is 1150. The molecular formula is C23H17ClN2O3. The fourth-order valence-corrected chi connectivity index (χ4v) is 3.06. The second-order valence-corrected chi connectivity index (χ2v) is 6.86. The summed E-state index contributed by atoms with van der Waals surface area (Å²) in [5, 5.41) is 10.2. The zero-order valence-electron chi connectivity index (χ0n) is 15.3. The van der Waals surface area contributed by atoms with Crippen LogP contribution in [0.15, 0.2) is 79.1 Å². The molecule has 0 spiro atoms. The van der Waals surface area contributed by atoms with E-state index < -0.39 is 5.97 Å². The van der Waals surface area contributed by atoms with Crippen LogP contribution in [0.2, 0.25) is 5.02 Å². The van der Waals surface area contributed by atoms with Gasteiger partial charge in [0.1, 0.15) is 18.0 Å². The summed E-state index contributed by atoms with van der Waals surface area (Å²) in [5.74, 6) is -0.361. The van der Waals surface area contributed by atoms with E-state index in [1.54, 1.807) is 54.6 Å². The van der Waals surface area contributed by atoms with Crippen molar-refractivity contribution in [2.45, 2.75) is 6.61 Å². The van der Waals surface area contributed by atoms with E-state index in [0.29, 0.717) is 22.9 Å². The fourth-order valence-electron chi connectivity index (χ4n) is 2.94. The summed E-state index contributed by atoms with van der Waals surface area (Å²) in [4.78, 5) is 16.2. The van der Waals surface area contributed by atoms with Crippen LogP contribution in [-0.4, -0.2) is 20.5 Å². The lowest BCUT2D eigenvalue weighted by Crippen LogP contribution is -2.00. The Kier molecular flexibility index (Phi) is 5.31. The molecule has 2 aromatic carbocycles. The van der Waals surface area contributed by atoms with Crippen molar-refractivity contribution >= 4 is 34.9 Å². The topological polar surface area (TPSA) is 63.8 Å². The number of hydrogen-bond donors (Lipinski definition) is 1. The number of pyridine rings is 1. The minimum atomic E-state index is -1.00. The number of hydrogen-bond acceptors (Lipinski definition) is 3. The van der Waals surface area contributed by atoms with E-state index >= 15 is 0 Å². The predicted molar refractivity (Wildman–Crippen MR) is 113 cm³/mol. The normalized spacial score (nSPS) is 11.6. The molecule has 4 aromatic rings. The molecule has 0 aliphatic heterocycles. The Labute approximate surface area is 172 Å². The number of aliphatic carboxylic acids is 1. The first kappa shape index (κ1) is 18.8. The van der Waals surface area contributed by atoms with Gasteiger partial charge in [0.25, 0.3) is 0 Å². The second kappa shape index (κ2) is 8.20. The summed E-state index contributed by atoms with van der Waals surface area (Å²) >= 11 is 5.89. The van der Waals surface area contributed by atoms with E-state index in [0.717, 1.165) is 16.9 Å². The van der Waals surface area contributed by atoms with E-state index in [2.05, 4.69) is 4.98 Å². The van der Waals surface area contributed by atoms with Gasteiger partial charge in [0.15, 0.2) is 0 Å². The highest BCUT2D eigenvalue weighted by atomic mass is 35.5. The van der Waals surface area contributed by atoms with Gasteiger partial charge in [-0.2, -0.15) is 0 Å². The monoisotopic (exact) mass is 404 g/mol. The molecule has 0 atom stereocenters. The maximum atomic E-state index is 11.7. The van der Waals surface area contributed by atoms with Crippen LogP contribution in [0.1, 0.15) is 16.8 Å². The van der Waals surface area contributed by atoms with Gasteiger partial charge in [-0.3, -0.25) is 0 Å². The van der Waals surface area contributed by atoms with Gasteiger partial charge in [-0.25, -0.2) is 9.78 Å². The summed E-state index contributed by atoms with van der Waals surface area (Å²) in [7, 11) is 0. The lowest BCUT2D eigenvalue weighted by atomic mass is 10.0. The number of imidazole rings is 1. The van der Waals surface area contributed by atoms with Gasteiger partial charge in [0, 0.05) is 17.4 Å². The van der Waals surface area contributed by atoms with Crippen LogP contribution in [0.25, 0.3) is 17.3 Å². The van der Waals surface area contributed by atoms with Gasteiger partial charge in [-0.15, -0.1) is 0 Å². The second-order valence-electron chi connectivity index (χ2n) is 6.43. The number of carboxylic acid groups (broad SMARTS) is 1. The molecule has 4 rings (SSSR count). The van der Waals surface area contributed by atoms with Gasteiger partial charge in [-0.1, -0.05) is 41.9 Å². The number of carboxylic acids is 1. The molecule has 0 aliphatic carbocycles. The minimum Gasteiger partial charge on any atom is -0.487 e. The van der Waals surface area contributed by atoms with E-state index in [9.17, 15) is 9.90 Å². The third-order valence-corrected chi connectivity index (χ3v) is 4.63.